The van der Waals surface area contributed by atoms with Gasteiger partial charge >= 0.3 is 5.97 Å². The first-order chi connectivity index (χ1) is 9.20. The lowest BCUT2D eigenvalue weighted by Gasteiger charge is -2.10. The second-order valence-corrected chi connectivity index (χ2v) is 3.81. The smallest absolute Gasteiger partial charge is 0.335 e. The van der Waals surface area contributed by atoms with E-state index in [1.807, 2.05) is 0 Å². The maximum absolute atomic E-state index is 10.9. The van der Waals surface area contributed by atoms with Crippen LogP contribution in [0.4, 0.5) is 0 Å². The summed E-state index contributed by atoms with van der Waals surface area (Å²) in [5.41, 5.74) is 0.957. The molecule has 0 saturated carbocycles. The van der Waals surface area contributed by atoms with Crippen molar-refractivity contribution in [1.29, 1.82) is 0 Å². The highest BCUT2D eigenvalue weighted by molar-refractivity contribution is 5.88. The van der Waals surface area contributed by atoms with Gasteiger partial charge in [0.15, 0.2) is 0 Å². The minimum Gasteiger partial charge on any atom is -0.496 e. The molecule has 0 bridgehead atoms. The Morgan fingerprint density at radius 3 is 2.84 bits per heavy atom. The van der Waals surface area contributed by atoms with Crippen molar-refractivity contribution in [3.63, 3.8) is 0 Å². The third-order valence-electron chi connectivity index (χ3n) is 2.56. The molecule has 1 aromatic carbocycles. The third kappa shape index (κ3) is 3.22. The average molecular weight is 259 g/mol. The lowest BCUT2D eigenvalue weighted by Crippen LogP contribution is -2.02. The summed E-state index contributed by atoms with van der Waals surface area (Å²) in [6, 6.07) is 8.25. The molecule has 1 aromatic heterocycles. The molecule has 0 unspecified atom stereocenters. The number of benzene rings is 1. The van der Waals surface area contributed by atoms with Gasteiger partial charge in [-0.05, 0) is 24.3 Å². The van der Waals surface area contributed by atoms with Crippen molar-refractivity contribution in [2.75, 3.05) is 7.11 Å². The van der Waals surface area contributed by atoms with Gasteiger partial charge in [0.1, 0.15) is 18.1 Å². The van der Waals surface area contributed by atoms with E-state index in [0.29, 0.717) is 11.5 Å². The largest absolute Gasteiger partial charge is 0.496 e. The van der Waals surface area contributed by atoms with Crippen LogP contribution in [0.25, 0.3) is 0 Å². The van der Waals surface area contributed by atoms with Gasteiger partial charge in [-0.2, -0.15) is 0 Å². The first kappa shape index (κ1) is 12.9. The monoisotopic (exact) mass is 259 g/mol. The van der Waals surface area contributed by atoms with Crippen LogP contribution in [0, 0.1) is 0 Å². The molecule has 1 heterocycles. The molecule has 5 nitrogen and oxygen atoms in total. The molecule has 1 N–H and O–H groups in total. The van der Waals surface area contributed by atoms with Crippen molar-refractivity contribution in [3.05, 3.63) is 53.9 Å². The average Bonchev–Trinajstić information content (AvgIpc) is 2.45. The Hall–Kier alpha value is -2.56. The Morgan fingerprint density at radius 1 is 1.37 bits per heavy atom. The quantitative estimate of drug-likeness (QED) is 0.892. The highest BCUT2D eigenvalue weighted by Gasteiger charge is 2.09. The molecule has 0 aliphatic heterocycles. The molecule has 19 heavy (non-hydrogen) atoms. The Kier molecular flexibility index (Phi) is 3.97. The SMILES string of the molecule is COc1cc(C(=O)O)ccc1COc1cccnc1. The number of pyridine rings is 1. The van der Waals surface area contributed by atoms with Crippen molar-refractivity contribution >= 4 is 5.97 Å². The summed E-state index contributed by atoms with van der Waals surface area (Å²) >= 11 is 0. The summed E-state index contributed by atoms with van der Waals surface area (Å²) in [5, 5.41) is 8.91. The summed E-state index contributed by atoms with van der Waals surface area (Å²) < 4.78 is 10.7. The van der Waals surface area contributed by atoms with E-state index in [1.165, 1.54) is 19.2 Å². The van der Waals surface area contributed by atoms with Gasteiger partial charge in [0.25, 0.3) is 0 Å². The Morgan fingerprint density at radius 2 is 2.21 bits per heavy atom. The molecule has 0 spiro atoms. The van der Waals surface area contributed by atoms with E-state index in [0.717, 1.165) is 5.56 Å². The molecule has 0 fully saturated rings. The zero-order valence-electron chi connectivity index (χ0n) is 10.4. The molecule has 0 saturated heterocycles. The zero-order valence-corrected chi connectivity index (χ0v) is 10.4. The molecule has 0 amide bonds. The maximum atomic E-state index is 10.9. The van der Waals surface area contributed by atoms with Crippen molar-refractivity contribution in [1.82, 2.24) is 4.98 Å². The number of nitrogens with zero attached hydrogens (tertiary/aromatic N) is 1. The molecule has 0 atom stereocenters. The van der Waals surface area contributed by atoms with Crippen LogP contribution >= 0.6 is 0 Å². The number of ether oxygens (including phenoxy) is 2. The van der Waals surface area contributed by atoms with Crippen LogP contribution < -0.4 is 9.47 Å². The van der Waals surface area contributed by atoms with E-state index in [1.54, 1.807) is 30.6 Å². The standard InChI is InChI=1S/C14H13NO4/c1-18-13-7-10(14(16)17)4-5-11(13)9-19-12-3-2-6-15-8-12/h2-8H,9H2,1H3,(H,16,17). The summed E-state index contributed by atoms with van der Waals surface area (Å²) in [6.45, 7) is 0.286. The first-order valence-electron chi connectivity index (χ1n) is 5.63. The number of methoxy groups -OCH3 is 1. The van der Waals surface area contributed by atoms with Crippen LogP contribution in [0.5, 0.6) is 11.5 Å². The van der Waals surface area contributed by atoms with Gasteiger partial charge in [0, 0.05) is 11.8 Å². The van der Waals surface area contributed by atoms with Gasteiger partial charge in [0.05, 0.1) is 18.9 Å². The van der Waals surface area contributed by atoms with Gasteiger partial charge in [0.2, 0.25) is 0 Å². The second kappa shape index (κ2) is 5.86. The lowest BCUT2D eigenvalue weighted by molar-refractivity contribution is 0.0696. The van der Waals surface area contributed by atoms with E-state index in [9.17, 15) is 4.79 Å². The van der Waals surface area contributed by atoms with Crippen LogP contribution in [-0.2, 0) is 6.61 Å². The van der Waals surface area contributed by atoms with Gasteiger partial charge in [-0.15, -0.1) is 0 Å². The van der Waals surface area contributed by atoms with Gasteiger partial charge < -0.3 is 14.6 Å². The normalized spacial score (nSPS) is 9.95. The summed E-state index contributed by atoms with van der Waals surface area (Å²) in [7, 11) is 1.49. The van der Waals surface area contributed by atoms with E-state index in [2.05, 4.69) is 4.98 Å². The molecular weight excluding hydrogens is 246 g/mol. The molecule has 5 heteroatoms. The molecular formula is C14H13NO4. The van der Waals surface area contributed by atoms with E-state index in [-0.39, 0.29) is 12.2 Å². The minimum atomic E-state index is -0.988. The van der Waals surface area contributed by atoms with Crippen molar-refractivity contribution in [2.24, 2.45) is 0 Å². The summed E-state index contributed by atoms with van der Waals surface area (Å²) in [6.07, 6.45) is 3.27. The van der Waals surface area contributed by atoms with Crippen LogP contribution in [0.1, 0.15) is 15.9 Å². The predicted molar refractivity (Wildman–Crippen MR) is 68.5 cm³/mol. The van der Waals surface area contributed by atoms with Gasteiger partial charge in [-0.25, -0.2) is 4.79 Å². The van der Waals surface area contributed by atoms with Gasteiger partial charge in [-0.1, -0.05) is 6.07 Å². The number of hydrogen-bond donors (Lipinski definition) is 1. The number of carboxylic acid groups (broad SMARTS) is 1. The van der Waals surface area contributed by atoms with Gasteiger partial charge in [-0.3, -0.25) is 4.98 Å². The number of aromatic nitrogens is 1. The summed E-state index contributed by atoms with van der Waals surface area (Å²) in [4.78, 5) is 14.8. The molecule has 2 rings (SSSR count). The lowest BCUT2D eigenvalue weighted by atomic mass is 10.1. The highest BCUT2D eigenvalue weighted by Crippen LogP contribution is 2.22. The van der Waals surface area contributed by atoms with Crippen molar-refractivity contribution in [2.45, 2.75) is 6.61 Å². The fourth-order valence-corrected chi connectivity index (χ4v) is 1.59. The van der Waals surface area contributed by atoms with E-state index >= 15 is 0 Å². The topological polar surface area (TPSA) is 68.7 Å². The third-order valence-corrected chi connectivity index (χ3v) is 2.56. The number of aromatic carboxylic acids is 1. The minimum absolute atomic E-state index is 0.182. The van der Waals surface area contributed by atoms with Crippen molar-refractivity contribution in [3.8, 4) is 11.5 Å². The van der Waals surface area contributed by atoms with E-state index in [4.69, 9.17) is 14.6 Å². The first-order valence-corrected chi connectivity index (χ1v) is 5.63. The fourth-order valence-electron chi connectivity index (χ4n) is 1.59. The Bertz CT molecular complexity index is 569. The maximum Gasteiger partial charge on any atom is 0.335 e. The molecule has 0 aliphatic carbocycles. The highest BCUT2D eigenvalue weighted by atomic mass is 16.5. The number of hydrogen-bond acceptors (Lipinski definition) is 4. The molecule has 0 radical (unpaired) electrons. The van der Waals surface area contributed by atoms with Crippen LogP contribution in [-0.4, -0.2) is 23.2 Å². The van der Waals surface area contributed by atoms with Crippen LogP contribution in [0.3, 0.4) is 0 Å². The van der Waals surface area contributed by atoms with Crippen LogP contribution in [0.15, 0.2) is 42.7 Å². The van der Waals surface area contributed by atoms with Crippen molar-refractivity contribution < 1.29 is 19.4 Å². The number of rotatable bonds is 5. The number of carbonyl (C=O) groups is 1. The Labute approximate surface area is 110 Å². The second-order valence-electron chi connectivity index (χ2n) is 3.81. The fraction of sp³-hybridized carbons (Fsp3) is 0.143. The molecule has 98 valence electrons. The zero-order chi connectivity index (χ0) is 13.7. The predicted octanol–water partition coefficient (Wildman–Crippen LogP) is 2.37. The number of carboxylic acids is 1. The molecule has 0 aliphatic rings. The molecule has 2 aromatic rings. The summed E-state index contributed by atoms with van der Waals surface area (Å²) in [5.74, 6) is 0.147. The van der Waals surface area contributed by atoms with E-state index < -0.39 is 5.97 Å². The van der Waals surface area contributed by atoms with Crippen LogP contribution in [0.2, 0.25) is 0 Å². The Balaban J connectivity index is 2.14.